The molecule has 3 nitrogen and oxygen atoms in total. The first kappa shape index (κ1) is 10.8. The van der Waals surface area contributed by atoms with Crippen LogP contribution < -0.4 is 5.32 Å². The topological polar surface area (TPSA) is 29.9 Å². The van der Waals surface area contributed by atoms with Crippen molar-refractivity contribution >= 4 is 0 Å². The van der Waals surface area contributed by atoms with Gasteiger partial charge in [0.05, 0.1) is 11.2 Å². The molecule has 0 bridgehead atoms. The van der Waals surface area contributed by atoms with Crippen molar-refractivity contribution < 1.29 is 0 Å². The second-order valence-corrected chi connectivity index (χ2v) is 4.02. The van der Waals surface area contributed by atoms with Crippen molar-refractivity contribution in [1.29, 1.82) is 0 Å². The lowest BCUT2D eigenvalue weighted by molar-refractivity contribution is 0.415. The molecule has 1 atom stereocenters. The van der Waals surface area contributed by atoms with Gasteiger partial charge in [-0.3, -0.25) is 10.00 Å². The van der Waals surface area contributed by atoms with E-state index in [1.807, 2.05) is 31.6 Å². The summed E-state index contributed by atoms with van der Waals surface area (Å²) in [7, 11) is 1.93. The molecule has 1 heterocycles. The van der Waals surface area contributed by atoms with Gasteiger partial charge in [-0.2, -0.15) is 5.10 Å². The summed E-state index contributed by atoms with van der Waals surface area (Å²) in [5.41, 5.74) is 0.845. The molecule has 0 fully saturated rings. The van der Waals surface area contributed by atoms with Gasteiger partial charge < -0.3 is 0 Å². The lowest BCUT2D eigenvalue weighted by Gasteiger charge is -2.25. The van der Waals surface area contributed by atoms with Crippen LogP contribution in [0.3, 0.4) is 0 Å². The van der Waals surface area contributed by atoms with Gasteiger partial charge in [0.15, 0.2) is 0 Å². The van der Waals surface area contributed by atoms with Crippen LogP contribution in [0.4, 0.5) is 0 Å². The summed E-state index contributed by atoms with van der Waals surface area (Å²) < 4.78 is 1.85. The highest BCUT2D eigenvalue weighted by Crippen LogP contribution is 2.14. The van der Waals surface area contributed by atoms with E-state index < -0.39 is 0 Å². The molecule has 0 spiro atoms. The molecule has 1 aromatic rings. The van der Waals surface area contributed by atoms with Gasteiger partial charge in [-0.25, -0.2) is 0 Å². The van der Waals surface area contributed by atoms with E-state index in [0.29, 0.717) is 0 Å². The zero-order valence-electron chi connectivity index (χ0n) is 9.20. The molecule has 1 unspecified atom stereocenters. The third kappa shape index (κ3) is 2.36. The van der Waals surface area contributed by atoms with Crippen molar-refractivity contribution in [2.24, 2.45) is 7.05 Å². The van der Waals surface area contributed by atoms with Crippen molar-refractivity contribution in [1.82, 2.24) is 15.1 Å². The number of hydrogen-bond acceptors (Lipinski definition) is 2. The Morgan fingerprint density at radius 1 is 1.64 bits per heavy atom. The number of rotatable bonds is 3. The zero-order valence-corrected chi connectivity index (χ0v) is 9.20. The van der Waals surface area contributed by atoms with Crippen LogP contribution in [0, 0.1) is 12.3 Å². The predicted octanol–water partition coefficient (Wildman–Crippen LogP) is 1.48. The lowest BCUT2D eigenvalue weighted by Crippen LogP contribution is -2.39. The van der Waals surface area contributed by atoms with Crippen molar-refractivity contribution in [3.63, 3.8) is 0 Å². The van der Waals surface area contributed by atoms with Crippen molar-refractivity contribution in [2.45, 2.75) is 32.4 Å². The van der Waals surface area contributed by atoms with Crippen LogP contribution in [0.15, 0.2) is 12.3 Å². The van der Waals surface area contributed by atoms with Crippen LogP contribution in [0.5, 0.6) is 0 Å². The Bertz CT molecular complexity index is 344. The van der Waals surface area contributed by atoms with Crippen LogP contribution in [0.1, 0.15) is 32.5 Å². The molecule has 0 radical (unpaired) electrons. The largest absolute Gasteiger partial charge is 0.293 e. The van der Waals surface area contributed by atoms with Gasteiger partial charge in [0.25, 0.3) is 0 Å². The fourth-order valence-corrected chi connectivity index (χ4v) is 1.47. The molecular weight excluding hydrogens is 174 g/mol. The third-order valence-corrected chi connectivity index (χ3v) is 2.24. The maximum atomic E-state index is 5.41. The van der Waals surface area contributed by atoms with E-state index >= 15 is 0 Å². The average molecular weight is 191 g/mol. The highest BCUT2D eigenvalue weighted by atomic mass is 15.3. The van der Waals surface area contributed by atoms with E-state index in [9.17, 15) is 0 Å². The normalized spacial score (nSPS) is 13.6. The molecule has 14 heavy (non-hydrogen) atoms. The quantitative estimate of drug-likeness (QED) is 0.733. The Morgan fingerprint density at radius 3 is 2.71 bits per heavy atom. The number of terminal acetylenes is 1. The maximum Gasteiger partial charge on any atom is 0.0746 e. The maximum absolute atomic E-state index is 5.41. The van der Waals surface area contributed by atoms with E-state index in [2.05, 4.69) is 23.3 Å². The Labute approximate surface area is 85.5 Å². The average Bonchev–Trinajstić information content (AvgIpc) is 2.51. The molecule has 1 N–H and O–H groups in total. The van der Waals surface area contributed by atoms with E-state index in [1.54, 1.807) is 6.20 Å². The highest BCUT2D eigenvalue weighted by Gasteiger charge is 2.19. The Kier molecular flexibility index (Phi) is 2.97. The van der Waals surface area contributed by atoms with Crippen LogP contribution in [-0.2, 0) is 7.05 Å². The molecule has 76 valence electrons. The molecule has 0 saturated heterocycles. The van der Waals surface area contributed by atoms with Crippen LogP contribution in [-0.4, -0.2) is 15.3 Å². The van der Waals surface area contributed by atoms with Gasteiger partial charge >= 0.3 is 0 Å². The smallest absolute Gasteiger partial charge is 0.0746 e. The van der Waals surface area contributed by atoms with Crippen molar-refractivity contribution in [2.75, 3.05) is 0 Å². The van der Waals surface area contributed by atoms with Crippen molar-refractivity contribution in [3.8, 4) is 12.3 Å². The summed E-state index contributed by atoms with van der Waals surface area (Å²) in [4.78, 5) is 0. The number of nitrogens with one attached hydrogen (secondary N) is 1. The standard InChI is InChI=1S/C11H17N3/c1-6-11(3,4)13-9(2)10-7-8-12-14(10)5/h1,7-9,13H,2-5H3. The molecule has 0 aliphatic heterocycles. The van der Waals surface area contributed by atoms with E-state index in [1.165, 1.54) is 0 Å². The summed E-state index contributed by atoms with van der Waals surface area (Å²) in [5, 5.41) is 7.47. The predicted molar refractivity (Wildman–Crippen MR) is 57.7 cm³/mol. The summed E-state index contributed by atoms with van der Waals surface area (Å²) in [6, 6.07) is 2.19. The molecule has 0 saturated carbocycles. The highest BCUT2D eigenvalue weighted by molar-refractivity contribution is 5.12. The Morgan fingerprint density at radius 2 is 2.29 bits per heavy atom. The molecule has 0 aliphatic carbocycles. The summed E-state index contributed by atoms with van der Waals surface area (Å²) in [6.45, 7) is 6.05. The second-order valence-electron chi connectivity index (χ2n) is 4.02. The minimum absolute atomic E-state index is 0.202. The number of nitrogens with zero attached hydrogens (tertiary/aromatic N) is 2. The first-order valence-corrected chi connectivity index (χ1v) is 4.69. The van der Waals surface area contributed by atoms with Gasteiger partial charge in [-0.15, -0.1) is 6.42 Å². The molecule has 1 aromatic heterocycles. The molecule has 1 rings (SSSR count). The van der Waals surface area contributed by atoms with Crippen LogP contribution >= 0.6 is 0 Å². The number of aromatic nitrogens is 2. The fraction of sp³-hybridized carbons (Fsp3) is 0.545. The minimum Gasteiger partial charge on any atom is -0.293 e. The summed E-state index contributed by atoms with van der Waals surface area (Å²) >= 11 is 0. The molecule has 0 aromatic carbocycles. The van der Waals surface area contributed by atoms with Gasteiger partial charge in [-0.1, -0.05) is 5.92 Å². The zero-order chi connectivity index (χ0) is 10.8. The summed E-state index contributed by atoms with van der Waals surface area (Å²) in [6.07, 6.45) is 7.20. The first-order chi connectivity index (χ1) is 6.46. The number of aryl methyl sites for hydroxylation is 1. The SMILES string of the molecule is C#CC(C)(C)NC(C)c1ccnn1C. The van der Waals surface area contributed by atoms with E-state index in [0.717, 1.165) is 5.69 Å². The van der Waals surface area contributed by atoms with Gasteiger partial charge in [0.2, 0.25) is 0 Å². The van der Waals surface area contributed by atoms with Crippen LogP contribution in [0.2, 0.25) is 0 Å². The Balaban J connectivity index is 2.74. The summed E-state index contributed by atoms with van der Waals surface area (Å²) in [5.74, 6) is 2.71. The molecular formula is C11H17N3. The van der Waals surface area contributed by atoms with Crippen LogP contribution in [0.25, 0.3) is 0 Å². The van der Waals surface area contributed by atoms with Gasteiger partial charge in [-0.05, 0) is 26.8 Å². The monoisotopic (exact) mass is 191 g/mol. The fourth-order valence-electron chi connectivity index (χ4n) is 1.47. The van der Waals surface area contributed by atoms with E-state index in [4.69, 9.17) is 6.42 Å². The first-order valence-electron chi connectivity index (χ1n) is 4.69. The second kappa shape index (κ2) is 3.85. The lowest BCUT2D eigenvalue weighted by atomic mass is 10.0. The Hall–Kier alpha value is -1.27. The molecule has 0 amide bonds. The minimum atomic E-state index is -0.288. The third-order valence-electron chi connectivity index (χ3n) is 2.24. The molecule has 0 aliphatic rings. The van der Waals surface area contributed by atoms with Crippen molar-refractivity contribution in [3.05, 3.63) is 18.0 Å². The van der Waals surface area contributed by atoms with Gasteiger partial charge in [0, 0.05) is 19.3 Å². The van der Waals surface area contributed by atoms with Gasteiger partial charge in [0.1, 0.15) is 0 Å². The number of hydrogen-bond donors (Lipinski definition) is 1. The molecule has 3 heteroatoms. The van der Waals surface area contributed by atoms with E-state index in [-0.39, 0.29) is 11.6 Å².